The monoisotopic (exact) mass is 247 g/mol. The standard InChI is InChI=1S/C14H21N3O/c1-11-8-13(11)14(18)17(7-3-5-15)10-12-4-2-6-16-9-12/h2,4,6,9,11,13H,3,5,7-8,10,15H2,1H3. The molecule has 0 aromatic carbocycles. The number of amides is 1. The maximum atomic E-state index is 12.3. The van der Waals surface area contributed by atoms with E-state index < -0.39 is 0 Å². The van der Waals surface area contributed by atoms with Gasteiger partial charge < -0.3 is 10.6 Å². The van der Waals surface area contributed by atoms with Crippen LogP contribution in [-0.4, -0.2) is 28.9 Å². The number of hydrogen-bond acceptors (Lipinski definition) is 3. The zero-order valence-corrected chi connectivity index (χ0v) is 10.9. The first-order valence-corrected chi connectivity index (χ1v) is 6.60. The molecule has 2 N–H and O–H groups in total. The molecule has 4 heteroatoms. The molecule has 0 saturated heterocycles. The largest absolute Gasteiger partial charge is 0.338 e. The first-order valence-electron chi connectivity index (χ1n) is 6.60. The van der Waals surface area contributed by atoms with E-state index in [4.69, 9.17) is 5.73 Å². The van der Waals surface area contributed by atoms with E-state index in [9.17, 15) is 4.79 Å². The molecule has 0 aliphatic heterocycles. The second-order valence-electron chi connectivity index (χ2n) is 5.08. The molecule has 1 aliphatic carbocycles. The third-order valence-electron chi connectivity index (χ3n) is 3.47. The molecule has 1 aromatic rings. The Labute approximate surface area is 108 Å². The summed E-state index contributed by atoms with van der Waals surface area (Å²) >= 11 is 0. The lowest BCUT2D eigenvalue weighted by Gasteiger charge is -2.22. The summed E-state index contributed by atoms with van der Waals surface area (Å²) in [5, 5.41) is 0. The van der Waals surface area contributed by atoms with Gasteiger partial charge in [0, 0.05) is 31.4 Å². The summed E-state index contributed by atoms with van der Waals surface area (Å²) < 4.78 is 0. The van der Waals surface area contributed by atoms with Gasteiger partial charge >= 0.3 is 0 Å². The fourth-order valence-electron chi connectivity index (χ4n) is 2.16. The molecule has 18 heavy (non-hydrogen) atoms. The zero-order chi connectivity index (χ0) is 13.0. The number of nitrogens with two attached hydrogens (primary N) is 1. The summed E-state index contributed by atoms with van der Waals surface area (Å²) in [6.07, 6.45) is 5.45. The predicted molar refractivity (Wildman–Crippen MR) is 70.6 cm³/mol. The molecular weight excluding hydrogens is 226 g/mol. The van der Waals surface area contributed by atoms with Gasteiger partial charge in [0.2, 0.25) is 5.91 Å². The molecule has 1 aliphatic rings. The van der Waals surface area contributed by atoms with Crippen molar-refractivity contribution in [2.75, 3.05) is 13.1 Å². The molecule has 2 atom stereocenters. The van der Waals surface area contributed by atoms with Crippen LogP contribution in [0.4, 0.5) is 0 Å². The number of hydrogen-bond donors (Lipinski definition) is 1. The third-order valence-corrected chi connectivity index (χ3v) is 3.47. The SMILES string of the molecule is CC1CC1C(=O)N(CCCN)Cc1cccnc1. The topological polar surface area (TPSA) is 59.2 Å². The molecule has 2 rings (SSSR count). The maximum Gasteiger partial charge on any atom is 0.226 e. The minimum absolute atomic E-state index is 0.236. The highest BCUT2D eigenvalue weighted by atomic mass is 16.2. The van der Waals surface area contributed by atoms with Gasteiger partial charge in [0.15, 0.2) is 0 Å². The summed E-state index contributed by atoms with van der Waals surface area (Å²) in [4.78, 5) is 18.3. The predicted octanol–water partition coefficient (Wildman–Crippen LogP) is 1.41. The molecule has 0 spiro atoms. The molecule has 2 unspecified atom stereocenters. The fourth-order valence-corrected chi connectivity index (χ4v) is 2.16. The average molecular weight is 247 g/mol. The van der Waals surface area contributed by atoms with E-state index in [2.05, 4.69) is 11.9 Å². The summed E-state index contributed by atoms with van der Waals surface area (Å²) in [5.74, 6) is 1.06. The smallest absolute Gasteiger partial charge is 0.226 e. The summed E-state index contributed by atoms with van der Waals surface area (Å²) in [7, 11) is 0. The van der Waals surface area contributed by atoms with Crippen molar-refractivity contribution in [3.05, 3.63) is 30.1 Å². The molecule has 1 saturated carbocycles. The van der Waals surface area contributed by atoms with Crippen LogP contribution >= 0.6 is 0 Å². The molecule has 1 heterocycles. The van der Waals surface area contributed by atoms with Crippen molar-refractivity contribution in [3.8, 4) is 0 Å². The normalized spacial score (nSPS) is 21.7. The maximum absolute atomic E-state index is 12.3. The Morgan fingerprint density at radius 2 is 2.39 bits per heavy atom. The van der Waals surface area contributed by atoms with Crippen LogP contribution < -0.4 is 5.73 Å². The van der Waals surface area contributed by atoms with Gasteiger partial charge in [-0.2, -0.15) is 0 Å². The highest BCUT2D eigenvalue weighted by molar-refractivity contribution is 5.81. The van der Waals surface area contributed by atoms with E-state index in [1.807, 2.05) is 23.2 Å². The van der Waals surface area contributed by atoms with Crippen LogP contribution in [0.3, 0.4) is 0 Å². The first kappa shape index (κ1) is 13.0. The molecule has 0 radical (unpaired) electrons. The van der Waals surface area contributed by atoms with Crippen molar-refractivity contribution in [2.45, 2.75) is 26.3 Å². The Bertz CT molecular complexity index is 393. The van der Waals surface area contributed by atoms with Gasteiger partial charge in [-0.1, -0.05) is 13.0 Å². The van der Waals surface area contributed by atoms with Crippen molar-refractivity contribution in [2.24, 2.45) is 17.6 Å². The molecule has 4 nitrogen and oxygen atoms in total. The van der Waals surface area contributed by atoms with Gasteiger partial charge in [-0.05, 0) is 36.9 Å². The number of rotatable bonds is 6. The van der Waals surface area contributed by atoms with Gasteiger partial charge in [0.1, 0.15) is 0 Å². The van der Waals surface area contributed by atoms with Crippen LogP contribution in [0.1, 0.15) is 25.3 Å². The quantitative estimate of drug-likeness (QED) is 0.827. The van der Waals surface area contributed by atoms with Gasteiger partial charge in [0.05, 0.1) is 0 Å². The highest BCUT2D eigenvalue weighted by Gasteiger charge is 2.41. The fraction of sp³-hybridized carbons (Fsp3) is 0.571. The Morgan fingerprint density at radius 3 is 2.94 bits per heavy atom. The van der Waals surface area contributed by atoms with E-state index in [-0.39, 0.29) is 11.8 Å². The van der Waals surface area contributed by atoms with E-state index in [0.717, 1.165) is 24.9 Å². The van der Waals surface area contributed by atoms with Crippen molar-refractivity contribution in [1.29, 1.82) is 0 Å². The van der Waals surface area contributed by atoms with Crippen molar-refractivity contribution < 1.29 is 4.79 Å². The second-order valence-corrected chi connectivity index (χ2v) is 5.08. The number of aromatic nitrogens is 1. The van der Waals surface area contributed by atoms with Gasteiger partial charge in [0.25, 0.3) is 0 Å². The van der Waals surface area contributed by atoms with Crippen LogP contribution in [0.15, 0.2) is 24.5 Å². The summed E-state index contributed by atoms with van der Waals surface area (Å²) in [6.45, 7) is 4.15. The average Bonchev–Trinajstić information content (AvgIpc) is 3.12. The highest BCUT2D eigenvalue weighted by Crippen LogP contribution is 2.39. The number of carbonyl (C=O) groups excluding carboxylic acids is 1. The van der Waals surface area contributed by atoms with E-state index >= 15 is 0 Å². The van der Waals surface area contributed by atoms with Gasteiger partial charge in [-0.15, -0.1) is 0 Å². The molecule has 0 bridgehead atoms. The number of carbonyl (C=O) groups is 1. The Hall–Kier alpha value is -1.42. The van der Waals surface area contributed by atoms with Crippen LogP contribution in [-0.2, 0) is 11.3 Å². The van der Waals surface area contributed by atoms with Crippen LogP contribution in [0.25, 0.3) is 0 Å². The summed E-state index contributed by atoms with van der Waals surface area (Å²) in [5.41, 5.74) is 6.62. The Balaban J connectivity index is 1.98. The minimum atomic E-state index is 0.236. The molecule has 1 fully saturated rings. The molecular formula is C14H21N3O. The van der Waals surface area contributed by atoms with Crippen molar-refractivity contribution in [3.63, 3.8) is 0 Å². The van der Waals surface area contributed by atoms with Gasteiger partial charge in [-0.3, -0.25) is 9.78 Å². The molecule has 1 aromatic heterocycles. The zero-order valence-electron chi connectivity index (χ0n) is 10.9. The van der Waals surface area contributed by atoms with E-state index in [1.165, 1.54) is 0 Å². The lowest BCUT2D eigenvalue weighted by Crippen LogP contribution is -2.34. The van der Waals surface area contributed by atoms with Crippen molar-refractivity contribution in [1.82, 2.24) is 9.88 Å². The lowest BCUT2D eigenvalue weighted by atomic mass is 10.2. The molecule has 1 amide bonds. The minimum Gasteiger partial charge on any atom is -0.338 e. The lowest BCUT2D eigenvalue weighted by molar-refractivity contribution is -0.133. The van der Waals surface area contributed by atoms with Crippen LogP contribution in [0, 0.1) is 11.8 Å². The first-order chi connectivity index (χ1) is 8.72. The number of nitrogens with zero attached hydrogens (tertiary/aromatic N) is 2. The van der Waals surface area contributed by atoms with Crippen LogP contribution in [0.5, 0.6) is 0 Å². The van der Waals surface area contributed by atoms with E-state index in [0.29, 0.717) is 19.0 Å². The third kappa shape index (κ3) is 3.29. The molecule has 98 valence electrons. The summed E-state index contributed by atoms with van der Waals surface area (Å²) in [6, 6.07) is 3.91. The Kier molecular flexibility index (Phi) is 4.31. The number of pyridine rings is 1. The van der Waals surface area contributed by atoms with E-state index in [1.54, 1.807) is 6.20 Å². The Morgan fingerprint density at radius 1 is 1.61 bits per heavy atom. The van der Waals surface area contributed by atoms with Crippen LogP contribution in [0.2, 0.25) is 0 Å². The second kappa shape index (κ2) is 5.96. The van der Waals surface area contributed by atoms with Gasteiger partial charge in [-0.25, -0.2) is 0 Å². The van der Waals surface area contributed by atoms with Crippen molar-refractivity contribution >= 4 is 5.91 Å².